The van der Waals surface area contributed by atoms with E-state index in [-0.39, 0.29) is 28.6 Å². The number of benzene rings is 3. The zero-order valence-corrected chi connectivity index (χ0v) is 15.8. The number of aryl methyl sites for hydroxylation is 1. The molecular weight excluding hydrogens is 376 g/mol. The minimum Gasteiger partial charge on any atom is -0.289 e. The zero-order valence-electron chi connectivity index (χ0n) is 15.0. The van der Waals surface area contributed by atoms with Gasteiger partial charge < -0.3 is 0 Å². The molecule has 1 aliphatic carbocycles. The van der Waals surface area contributed by atoms with Gasteiger partial charge in [-0.3, -0.25) is 13.8 Å². The largest absolute Gasteiger partial charge is 0.297 e. The van der Waals surface area contributed by atoms with Gasteiger partial charge in [-0.2, -0.15) is 8.42 Å². The van der Waals surface area contributed by atoms with Gasteiger partial charge in [-0.05, 0) is 36.8 Å². The maximum atomic E-state index is 12.7. The van der Waals surface area contributed by atoms with Crippen LogP contribution in [-0.4, -0.2) is 20.0 Å². The van der Waals surface area contributed by atoms with Crippen LogP contribution in [0.4, 0.5) is 0 Å². The fraction of sp³-hybridized carbons (Fsp3) is 0.0909. The molecule has 0 amide bonds. The van der Waals surface area contributed by atoms with E-state index in [0.717, 1.165) is 5.56 Å². The second-order valence-corrected chi connectivity index (χ2v) is 8.23. The summed E-state index contributed by atoms with van der Waals surface area (Å²) in [5.74, 6) is -0.474. The summed E-state index contributed by atoms with van der Waals surface area (Å²) in [5.41, 5.74) is 2.75. The molecule has 5 nitrogen and oxygen atoms in total. The van der Waals surface area contributed by atoms with E-state index in [9.17, 15) is 18.0 Å². The molecule has 28 heavy (non-hydrogen) atoms. The van der Waals surface area contributed by atoms with Crippen LogP contribution in [-0.2, 0) is 20.9 Å². The monoisotopic (exact) mass is 392 g/mol. The third-order valence-corrected chi connectivity index (χ3v) is 5.96. The van der Waals surface area contributed by atoms with Crippen molar-refractivity contribution in [1.82, 2.24) is 0 Å². The number of carbonyl (C=O) groups excluding carboxylic acids is 2. The van der Waals surface area contributed by atoms with Gasteiger partial charge in [0, 0.05) is 22.3 Å². The highest BCUT2D eigenvalue weighted by Gasteiger charge is 2.29. The predicted molar refractivity (Wildman–Crippen MR) is 103 cm³/mol. The Kier molecular flexibility index (Phi) is 4.45. The van der Waals surface area contributed by atoms with E-state index in [4.69, 9.17) is 4.18 Å². The molecule has 4 rings (SSSR count). The van der Waals surface area contributed by atoms with Gasteiger partial charge in [-0.1, -0.05) is 48.0 Å². The average Bonchev–Trinajstić information content (AvgIpc) is 2.71. The van der Waals surface area contributed by atoms with Gasteiger partial charge in [-0.15, -0.1) is 0 Å². The summed E-state index contributed by atoms with van der Waals surface area (Å²) in [5, 5.41) is 0. The Bertz CT molecular complexity index is 1210. The molecule has 0 saturated carbocycles. The van der Waals surface area contributed by atoms with Gasteiger partial charge in [0.2, 0.25) is 0 Å². The lowest BCUT2D eigenvalue weighted by Crippen LogP contribution is -2.21. The van der Waals surface area contributed by atoms with E-state index in [1.54, 1.807) is 48.5 Å². The first kappa shape index (κ1) is 18.3. The molecular formula is C22H16O5S. The van der Waals surface area contributed by atoms with Crippen LogP contribution in [0.15, 0.2) is 71.6 Å². The molecule has 0 unspecified atom stereocenters. The second-order valence-electron chi connectivity index (χ2n) is 6.61. The van der Waals surface area contributed by atoms with E-state index in [2.05, 4.69) is 0 Å². The Balaban J connectivity index is 1.61. The predicted octanol–water partition coefficient (Wildman–Crippen LogP) is 3.68. The minimum absolute atomic E-state index is 0.0660. The molecule has 0 fully saturated rings. The fourth-order valence-corrected chi connectivity index (χ4v) is 4.05. The van der Waals surface area contributed by atoms with Crippen molar-refractivity contribution in [3.05, 3.63) is 100 Å². The summed E-state index contributed by atoms with van der Waals surface area (Å²) in [6.07, 6.45) is 0. The van der Waals surface area contributed by atoms with Crippen molar-refractivity contribution in [2.45, 2.75) is 18.4 Å². The molecule has 3 aromatic carbocycles. The Morgan fingerprint density at radius 1 is 0.750 bits per heavy atom. The van der Waals surface area contributed by atoms with Gasteiger partial charge in [0.05, 0.1) is 11.5 Å². The summed E-state index contributed by atoms with van der Waals surface area (Å²) in [6.45, 7) is 1.63. The van der Waals surface area contributed by atoms with Crippen molar-refractivity contribution in [2.75, 3.05) is 0 Å². The van der Waals surface area contributed by atoms with Gasteiger partial charge in [0.25, 0.3) is 10.1 Å². The average molecular weight is 392 g/mol. The molecule has 6 heteroatoms. The van der Waals surface area contributed by atoms with Crippen LogP contribution >= 0.6 is 0 Å². The summed E-state index contributed by atoms with van der Waals surface area (Å²) < 4.78 is 29.8. The standard InChI is InChI=1S/C22H16O5S/c1-14-6-9-16(10-7-14)28(25,26)27-13-15-8-11-19-20(12-15)22(24)18-5-3-2-4-17(18)21(19)23/h2-12H,13H2,1H3. The molecule has 0 aromatic heterocycles. The van der Waals surface area contributed by atoms with Crippen LogP contribution in [0, 0.1) is 6.92 Å². The number of rotatable bonds is 4. The molecule has 0 heterocycles. The molecule has 0 atom stereocenters. The molecule has 0 spiro atoms. The maximum Gasteiger partial charge on any atom is 0.297 e. The molecule has 0 radical (unpaired) electrons. The van der Waals surface area contributed by atoms with Crippen molar-refractivity contribution in [3.8, 4) is 0 Å². The van der Waals surface area contributed by atoms with Crippen LogP contribution in [0.25, 0.3) is 0 Å². The SMILES string of the molecule is Cc1ccc(S(=O)(=O)OCc2ccc3c(c2)C(=O)c2ccccc2C3=O)cc1. The number of carbonyl (C=O) groups is 2. The van der Waals surface area contributed by atoms with E-state index >= 15 is 0 Å². The summed E-state index contributed by atoms with van der Waals surface area (Å²) >= 11 is 0. The first-order valence-electron chi connectivity index (χ1n) is 8.64. The summed E-state index contributed by atoms with van der Waals surface area (Å²) in [6, 6.07) is 17.7. The van der Waals surface area contributed by atoms with Crippen molar-refractivity contribution in [2.24, 2.45) is 0 Å². The zero-order chi connectivity index (χ0) is 19.9. The number of fused-ring (bicyclic) bond motifs is 2. The highest BCUT2D eigenvalue weighted by Crippen LogP contribution is 2.28. The van der Waals surface area contributed by atoms with Gasteiger partial charge in [-0.25, -0.2) is 0 Å². The van der Waals surface area contributed by atoms with Crippen LogP contribution in [0.1, 0.15) is 43.0 Å². The Morgan fingerprint density at radius 2 is 1.32 bits per heavy atom. The molecule has 1 aliphatic rings. The second kappa shape index (κ2) is 6.82. The lowest BCUT2D eigenvalue weighted by Gasteiger charge is -2.18. The van der Waals surface area contributed by atoms with Crippen LogP contribution in [0.2, 0.25) is 0 Å². The third kappa shape index (κ3) is 3.17. The Hall–Kier alpha value is -3.09. The first-order chi connectivity index (χ1) is 13.4. The van der Waals surface area contributed by atoms with Crippen LogP contribution in [0.5, 0.6) is 0 Å². The Morgan fingerprint density at radius 3 is 1.96 bits per heavy atom. The van der Waals surface area contributed by atoms with Crippen LogP contribution in [0.3, 0.4) is 0 Å². The van der Waals surface area contributed by atoms with Gasteiger partial charge >= 0.3 is 0 Å². The summed E-state index contributed by atoms with van der Waals surface area (Å²) in [4.78, 5) is 25.4. The maximum absolute atomic E-state index is 12.7. The molecule has 0 bridgehead atoms. The van der Waals surface area contributed by atoms with E-state index in [1.807, 2.05) is 6.92 Å². The molecule has 140 valence electrons. The number of hydrogen-bond acceptors (Lipinski definition) is 5. The van der Waals surface area contributed by atoms with Crippen molar-refractivity contribution < 1.29 is 22.2 Å². The number of ketones is 2. The van der Waals surface area contributed by atoms with Crippen molar-refractivity contribution in [3.63, 3.8) is 0 Å². The third-order valence-electron chi connectivity index (χ3n) is 4.68. The highest BCUT2D eigenvalue weighted by atomic mass is 32.2. The quantitative estimate of drug-likeness (QED) is 0.495. The fourth-order valence-electron chi connectivity index (χ4n) is 3.15. The molecule has 0 saturated heterocycles. The molecule has 0 aliphatic heterocycles. The number of hydrogen-bond donors (Lipinski definition) is 0. The summed E-state index contributed by atoms with van der Waals surface area (Å²) in [7, 11) is -3.92. The van der Waals surface area contributed by atoms with E-state index < -0.39 is 10.1 Å². The van der Waals surface area contributed by atoms with Crippen LogP contribution < -0.4 is 0 Å². The highest BCUT2D eigenvalue weighted by molar-refractivity contribution is 7.86. The van der Waals surface area contributed by atoms with E-state index in [1.165, 1.54) is 18.2 Å². The van der Waals surface area contributed by atoms with Gasteiger partial charge in [0.1, 0.15) is 0 Å². The normalized spacial score (nSPS) is 13.2. The van der Waals surface area contributed by atoms with Gasteiger partial charge in [0.15, 0.2) is 11.6 Å². The molecule has 0 N–H and O–H groups in total. The van der Waals surface area contributed by atoms with Crippen molar-refractivity contribution >= 4 is 21.7 Å². The lowest BCUT2D eigenvalue weighted by molar-refractivity contribution is 0.0979. The topological polar surface area (TPSA) is 77.5 Å². The lowest BCUT2D eigenvalue weighted by atomic mass is 9.83. The Labute approximate surface area is 162 Å². The van der Waals surface area contributed by atoms with Crippen molar-refractivity contribution in [1.29, 1.82) is 0 Å². The molecule has 3 aromatic rings. The smallest absolute Gasteiger partial charge is 0.289 e. The van der Waals surface area contributed by atoms with E-state index in [0.29, 0.717) is 22.3 Å². The minimum atomic E-state index is -3.92. The first-order valence-corrected chi connectivity index (χ1v) is 10.0.